The molecule has 1 aromatic carbocycles. The molecule has 1 atom stereocenters. The van der Waals surface area contributed by atoms with Gasteiger partial charge < -0.3 is 14.6 Å². The molecule has 0 amide bonds. The summed E-state index contributed by atoms with van der Waals surface area (Å²) in [6.07, 6.45) is 0.666. The molecule has 1 rings (SSSR count). The van der Waals surface area contributed by atoms with Gasteiger partial charge in [0.05, 0.1) is 7.11 Å². The van der Waals surface area contributed by atoms with Crippen LogP contribution in [0.5, 0.6) is 11.5 Å². The largest absolute Gasteiger partial charge is 0.505 e. The van der Waals surface area contributed by atoms with E-state index in [0.29, 0.717) is 12.4 Å². The van der Waals surface area contributed by atoms with E-state index in [1.165, 1.54) is 7.11 Å². The molecule has 0 radical (unpaired) electrons. The van der Waals surface area contributed by atoms with E-state index in [9.17, 15) is 18.7 Å². The molecule has 1 aromatic rings. The van der Waals surface area contributed by atoms with Gasteiger partial charge in [-0.05, 0) is 5.92 Å². The molecule has 3 nitrogen and oxygen atoms in total. The first-order chi connectivity index (χ1) is 7.52. The molecule has 5 heteroatoms. The Labute approximate surface area is 91.7 Å². The number of benzene rings is 1. The molecule has 0 heterocycles. The summed E-state index contributed by atoms with van der Waals surface area (Å²) in [6.45, 7) is 1.57. The molecule has 1 unspecified atom stereocenters. The van der Waals surface area contributed by atoms with Gasteiger partial charge in [-0.15, -0.1) is 0 Å². The summed E-state index contributed by atoms with van der Waals surface area (Å²) in [4.78, 5) is 10.4. The lowest BCUT2D eigenvalue weighted by atomic mass is 9.96. The molecule has 16 heavy (non-hydrogen) atoms. The topological polar surface area (TPSA) is 46.5 Å². The molecule has 0 saturated carbocycles. The van der Waals surface area contributed by atoms with Crippen molar-refractivity contribution in [3.63, 3.8) is 0 Å². The number of hydrogen-bond acceptors (Lipinski definition) is 3. The van der Waals surface area contributed by atoms with Crippen LogP contribution in [0.3, 0.4) is 0 Å². The lowest BCUT2D eigenvalue weighted by Gasteiger charge is -2.16. The third-order valence-electron chi connectivity index (χ3n) is 2.34. The Hall–Kier alpha value is -1.65. The van der Waals surface area contributed by atoms with Crippen molar-refractivity contribution in [2.75, 3.05) is 7.11 Å². The van der Waals surface area contributed by atoms with Crippen LogP contribution >= 0.6 is 0 Å². The Morgan fingerprint density at radius 3 is 2.62 bits per heavy atom. The summed E-state index contributed by atoms with van der Waals surface area (Å²) in [6, 6.07) is 0.547. The van der Waals surface area contributed by atoms with Crippen LogP contribution in [0.4, 0.5) is 8.78 Å². The van der Waals surface area contributed by atoms with Crippen LogP contribution in [0.25, 0.3) is 0 Å². The lowest BCUT2D eigenvalue weighted by Crippen LogP contribution is -2.03. The lowest BCUT2D eigenvalue weighted by molar-refractivity contribution is -0.108. The predicted octanol–water partition coefficient (Wildman–Crippen LogP) is 2.37. The molecule has 0 spiro atoms. The first kappa shape index (κ1) is 12.4. The molecule has 0 saturated heterocycles. The number of rotatable bonds is 4. The average molecular weight is 230 g/mol. The second-order valence-corrected chi connectivity index (χ2v) is 3.44. The fourth-order valence-electron chi connectivity index (χ4n) is 1.54. The first-order valence-corrected chi connectivity index (χ1v) is 4.71. The fraction of sp³-hybridized carbons (Fsp3) is 0.364. The summed E-state index contributed by atoms with van der Waals surface area (Å²) >= 11 is 0. The Kier molecular flexibility index (Phi) is 3.82. The summed E-state index contributed by atoms with van der Waals surface area (Å²) in [5.41, 5.74) is -0.0212. The smallest absolute Gasteiger partial charge is 0.168 e. The third kappa shape index (κ3) is 2.13. The summed E-state index contributed by atoms with van der Waals surface area (Å²) in [5, 5.41) is 9.49. The van der Waals surface area contributed by atoms with Crippen molar-refractivity contribution in [3.05, 3.63) is 23.3 Å². The quantitative estimate of drug-likeness (QED) is 0.808. The maximum absolute atomic E-state index is 13.3. The van der Waals surface area contributed by atoms with E-state index in [0.717, 1.165) is 0 Å². The SMILES string of the molecule is COc1c(F)cc(F)c(O)c1C(C)CC=O. The molecule has 88 valence electrons. The van der Waals surface area contributed by atoms with Gasteiger partial charge in [0.25, 0.3) is 0 Å². The number of ether oxygens (including phenoxy) is 1. The second kappa shape index (κ2) is 4.92. The number of carbonyl (C=O) groups is 1. The highest BCUT2D eigenvalue weighted by Crippen LogP contribution is 2.39. The van der Waals surface area contributed by atoms with Gasteiger partial charge in [0.15, 0.2) is 23.1 Å². The normalized spacial score (nSPS) is 12.2. The summed E-state index contributed by atoms with van der Waals surface area (Å²) < 4.78 is 31.2. The van der Waals surface area contributed by atoms with Gasteiger partial charge in [-0.1, -0.05) is 6.92 Å². The van der Waals surface area contributed by atoms with E-state index in [-0.39, 0.29) is 17.7 Å². The second-order valence-electron chi connectivity index (χ2n) is 3.44. The van der Waals surface area contributed by atoms with E-state index in [1.54, 1.807) is 6.92 Å². The fourth-order valence-corrected chi connectivity index (χ4v) is 1.54. The predicted molar refractivity (Wildman–Crippen MR) is 53.7 cm³/mol. The van der Waals surface area contributed by atoms with E-state index >= 15 is 0 Å². The number of aldehydes is 1. The van der Waals surface area contributed by atoms with Gasteiger partial charge >= 0.3 is 0 Å². The maximum Gasteiger partial charge on any atom is 0.168 e. The summed E-state index contributed by atoms with van der Waals surface area (Å²) in [7, 11) is 1.22. The zero-order chi connectivity index (χ0) is 12.3. The van der Waals surface area contributed by atoms with E-state index < -0.39 is 23.3 Å². The minimum Gasteiger partial charge on any atom is -0.505 e. The Balaban J connectivity index is 3.37. The Morgan fingerprint density at radius 1 is 1.50 bits per heavy atom. The van der Waals surface area contributed by atoms with Gasteiger partial charge in [0.1, 0.15) is 6.29 Å². The molecule has 0 bridgehead atoms. The monoisotopic (exact) mass is 230 g/mol. The van der Waals surface area contributed by atoms with Crippen LogP contribution in [0.1, 0.15) is 24.8 Å². The minimum absolute atomic E-state index is 0.0212. The highest BCUT2D eigenvalue weighted by atomic mass is 19.1. The molecular weight excluding hydrogens is 218 g/mol. The molecule has 0 aliphatic carbocycles. The van der Waals surface area contributed by atoms with Crippen molar-refractivity contribution in [2.24, 2.45) is 0 Å². The van der Waals surface area contributed by atoms with Crippen molar-refractivity contribution in [1.82, 2.24) is 0 Å². The summed E-state index contributed by atoms with van der Waals surface area (Å²) in [5.74, 6) is -3.38. The van der Waals surface area contributed by atoms with Gasteiger partial charge in [0, 0.05) is 18.1 Å². The number of phenols is 1. The van der Waals surface area contributed by atoms with Crippen LogP contribution in [-0.4, -0.2) is 18.5 Å². The van der Waals surface area contributed by atoms with Crippen LogP contribution in [0.15, 0.2) is 6.07 Å². The average Bonchev–Trinajstić information content (AvgIpc) is 2.23. The van der Waals surface area contributed by atoms with Crippen LogP contribution in [0, 0.1) is 11.6 Å². The Bertz CT molecular complexity index is 405. The molecule has 0 aromatic heterocycles. The number of halogens is 2. The third-order valence-corrected chi connectivity index (χ3v) is 2.34. The Morgan fingerprint density at radius 2 is 2.12 bits per heavy atom. The van der Waals surface area contributed by atoms with E-state index in [2.05, 4.69) is 0 Å². The van der Waals surface area contributed by atoms with Gasteiger partial charge in [-0.25, -0.2) is 8.78 Å². The highest BCUT2D eigenvalue weighted by molar-refractivity contribution is 5.55. The number of phenolic OH excluding ortho intramolecular Hbond substituents is 1. The standard InChI is InChI=1S/C11H12F2O3/c1-6(3-4-14)9-10(15)7(12)5-8(13)11(9)16-2/h4-6,15H,3H2,1-2H3. The van der Waals surface area contributed by atoms with Crippen molar-refractivity contribution in [3.8, 4) is 11.5 Å². The van der Waals surface area contributed by atoms with Crippen molar-refractivity contribution in [2.45, 2.75) is 19.3 Å². The molecule has 0 aliphatic rings. The van der Waals surface area contributed by atoms with Crippen LogP contribution in [-0.2, 0) is 4.79 Å². The zero-order valence-electron chi connectivity index (χ0n) is 8.96. The van der Waals surface area contributed by atoms with Crippen molar-refractivity contribution in [1.29, 1.82) is 0 Å². The first-order valence-electron chi connectivity index (χ1n) is 4.71. The van der Waals surface area contributed by atoms with Gasteiger partial charge in [0.2, 0.25) is 0 Å². The molecular formula is C11H12F2O3. The maximum atomic E-state index is 13.3. The minimum atomic E-state index is -1.06. The van der Waals surface area contributed by atoms with Crippen LogP contribution < -0.4 is 4.74 Å². The van der Waals surface area contributed by atoms with Crippen LogP contribution in [0.2, 0.25) is 0 Å². The van der Waals surface area contributed by atoms with Crippen molar-refractivity contribution >= 4 is 6.29 Å². The number of hydrogen-bond donors (Lipinski definition) is 1. The van der Waals surface area contributed by atoms with E-state index in [4.69, 9.17) is 4.74 Å². The molecule has 0 aliphatic heterocycles. The van der Waals surface area contributed by atoms with Crippen molar-refractivity contribution < 1.29 is 23.4 Å². The van der Waals surface area contributed by atoms with Gasteiger partial charge in [-0.2, -0.15) is 0 Å². The molecule has 1 N–H and O–H groups in total. The number of aromatic hydroxyl groups is 1. The zero-order valence-corrected chi connectivity index (χ0v) is 8.96. The van der Waals surface area contributed by atoms with E-state index in [1.807, 2.05) is 0 Å². The number of methoxy groups -OCH3 is 1. The highest BCUT2D eigenvalue weighted by Gasteiger charge is 2.23. The number of carbonyl (C=O) groups excluding carboxylic acids is 1. The molecule has 0 fully saturated rings. The van der Waals surface area contributed by atoms with Gasteiger partial charge in [-0.3, -0.25) is 0 Å².